The SMILES string of the molecule is C=CCC1/C=C(/C)CC(C)CC(OC)C2OC(O)(CCN3CCCCC3COC(C(C)=CC3CCC(OC(C)=O)C(OC)C3)C(C)C(OC(C)=O)CC1)C(C)CC2OC. The number of rotatable bonds is 9. The van der Waals surface area contributed by atoms with Crippen molar-refractivity contribution in [1.82, 2.24) is 4.90 Å². The van der Waals surface area contributed by atoms with Gasteiger partial charge in [-0.3, -0.25) is 14.5 Å². The van der Waals surface area contributed by atoms with Crippen LogP contribution >= 0.6 is 0 Å². The normalized spacial score (nSPS) is 40.0. The molecule has 338 valence electrons. The second-order valence-corrected chi connectivity index (χ2v) is 18.6. The van der Waals surface area contributed by atoms with Crippen LogP contribution in [0.3, 0.4) is 0 Å². The van der Waals surface area contributed by atoms with Crippen molar-refractivity contribution in [3.05, 3.63) is 36.0 Å². The number of carbonyl (C=O) groups is 2. The number of carbonyl (C=O) groups excluding carboxylic acids is 2. The van der Waals surface area contributed by atoms with Gasteiger partial charge in [-0.05, 0) is 114 Å². The summed E-state index contributed by atoms with van der Waals surface area (Å²) in [5.41, 5.74) is 2.41. The van der Waals surface area contributed by atoms with Crippen molar-refractivity contribution in [3.8, 4) is 0 Å². The van der Waals surface area contributed by atoms with Crippen LogP contribution in [0.5, 0.6) is 0 Å². The molecule has 4 rings (SSSR count). The van der Waals surface area contributed by atoms with Crippen LogP contribution in [0.2, 0.25) is 0 Å². The molecule has 3 aliphatic heterocycles. The molecule has 0 radical (unpaired) electrons. The van der Waals surface area contributed by atoms with Crippen LogP contribution in [0.15, 0.2) is 36.0 Å². The van der Waals surface area contributed by atoms with E-state index in [0.717, 1.165) is 76.3 Å². The molecule has 14 unspecified atom stereocenters. The molecule has 0 amide bonds. The number of esters is 2. The van der Waals surface area contributed by atoms with Gasteiger partial charge >= 0.3 is 11.9 Å². The lowest BCUT2D eigenvalue weighted by Gasteiger charge is -2.48. The Morgan fingerprint density at radius 1 is 0.864 bits per heavy atom. The third-order valence-electron chi connectivity index (χ3n) is 13.8. The van der Waals surface area contributed by atoms with Gasteiger partial charge in [0.25, 0.3) is 0 Å². The Bertz CT molecular complexity index is 1380. The molecule has 4 aliphatic rings. The van der Waals surface area contributed by atoms with Crippen LogP contribution < -0.4 is 0 Å². The molecule has 2 saturated heterocycles. The van der Waals surface area contributed by atoms with E-state index in [1.54, 1.807) is 21.3 Å². The summed E-state index contributed by atoms with van der Waals surface area (Å²) in [5.74, 6) is -1.39. The van der Waals surface area contributed by atoms with Crippen LogP contribution in [-0.4, -0.2) is 118 Å². The van der Waals surface area contributed by atoms with Gasteiger partial charge in [0, 0.05) is 66.0 Å². The van der Waals surface area contributed by atoms with E-state index in [1.807, 2.05) is 6.08 Å². The van der Waals surface area contributed by atoms with Crippen molar-refractivity contribution in [1.29, 1.82) is 0 Å². The third-order valence-corrected chi connectivity index (χ3v) is 13.8. The monoisotopic (exact) mass is 832 g/mol. The summed E-state index contributed by atoms with van der Waals surface area (Å²) in [6.45, 7) is 20.0. The molecule has 2 bridgehead atoms. The minimum absolute atomic E-state index is 0.121. The largest absolute Gasteiger partial charge is 0.462 e. The van der Waals surface area contributed by atoms with Gasteiger partial charge in [-0.15, -0.1) is 6.58 Å². The Labute approximate surface area is 356 Å². The van der Waals surface area contributed by atoms with E-state index in [4.69, 9.17) is 33.2 Å². The number of hydrogen-bond acceptors (Lipinski definition) is 11. The van der Waals surface area contributed by atoms with Crippen molar-refractivity contribution < 1.29 is 47.9 Å². The number of nitrogens with zero attached hydrogens (tertiary/aromatic N) is 1. The number of piperidine rings is 1. The van der Waals surface area contributed by atoms with Crippen molar-refractivity contribution in [2.75, 3.05) is 41.0 Å². The predicted octanol–water partition coefficient (Wildman–Crippen LogP) is 8.37. The Kier molecular flexibility index (Phi) is 20.1. The first-order chi connectivity index (χ1) is 28.1. The van der Waals surface area contributed by atoms with Gasteiger partial charge in [-0.1, -0.05) is 51.0 Å². The first-order valence-corrected chi connectivity index (χ1v) is 22.8. The maximum absolute atomic E-state index is 12.7. The van der Waals surface area contributed by atoms with E-state index < -0.39 is 11.9 Å². The van der Waals surface area contributed by atoms with Gasteiger partial charge in [-0.25, -0.2) is 0 Å². The molecule has 11 heteroatoms. The van der Waals surface area contributed by atoms with E-state index in [-0.39, 0.29) is 78.3 Å². The number of ether oxygens (including phenoxy) is 7. The Balaban J connectivity index is 1.70. The second kappa shape index (κ2) is 23.9. The minimum Gasteiger partial charge on any atom is -0.462 e. The molecule has 1 saturated carbocycles. The molecule has 0 aromatic rings. The van der Waals surface area contributed by atoms with Crippen LogP contribution in [-0.2, 0) is 42.7 Å². The first kappa shape index (κ1) is 49.5. The zero-order valence-electron chi connectivity index (χ0n) is 38.3. The number of fused-ring (bicyclic) bond motifs is 3. The highest BCUT2D eigenvalue weighted by Gasteiger charge is 2.49. The van der Waals surface area contributed by atoms with E-state index in [1.165, 1.54) is 19.4 Å². The van der Waals surface area contributed by atoms with E-state index >= 15 is 0 Å². The van der Waals surface area contributed by atoms with Crippen LogP contribution in [0.4, 0.5) is 0 Å². The van der Waals surface area contributed by atoms with Crippen molar-refractivity contribution in [2.45, 2.75) is 186 Å². The average molecular weight is 832 g/mol. The summed E-state index contributed by atoms with van der Waals surface area (Å²) in [6.07, 6.45) is 15.5. The number of hydrogen-bond donors (Lipinski definition) is 1. The lowest BCUT2D eigenvalue weighted by atomic mass is 9.81. The second-order valence-electron chi connectivity index (χ2n) is 18.6. The Morgan fingerprint density at radius 2 is 1.53 bits per heavy atom. The molecule has 3 heterocycles. The molecule has 59 heavy (non-hydrogen) atoms. The fourth-order valence-corrected chi connectivity index (χ4v) is 10.6. The van der Waals surface area contributed by atoms with E-state index in [2.05, 4.69) is 58.2 Å². The molecule has 14 atom stereocenters. The fourth-order valence-electron chi connectivity index (χ4n) is 10.6. The highest BCUT2D eigenvalue weighted by atomic mass is 16.7. The topological polar surface area (TPSA) is 122 Å². The predicted molar refractivity (Wildman–Crippen MR) is 231 cm³/mol. The van der Waals surface area contributed by atoms with Gasteiger partial charge in [0.2, 0.25) is 0 Å². The zero-order valence-corrected chi connectivity index (χ0v) is 38.3. The molecular weight excluding hydrogens is 751 g/mol. The molecule has 0 spiro atoms. The molecule has 3 fully saturated rings. The first-order valence-electron chi connectivity index (χ1n) is 22.8. The van der Waals surface area contributed by atoms with Crippen LogP contribution in [0.1, 0.15) is 132 Å². The highest BCUT2D eigenvalue weighted by Crippen LogP contribution is 2.40. The number of methoxy groups -OCH3 is 3. The van der Waals surface area contributed by atoms with Crippen molar-refractivity contribution in [3.63, 3.8) is 0 Å². The summed E-state index contributed by atoms with van der Waals surface area (Å²) in [4.78, 5) is 27.0. The summed E-state index contributed by atoms with van der Waals surface area (Å²) < 4.78 is 43.6. The maximum atomic E-state index is 12.7. The van der Waals surface area contributed by atoms with Gasteiger partial charge < -0.3 is 38.3 Å². The van der Waals surface area contributed by atoms with Crippen LogP contribution in [0, 0.1) is 29.6 Å². The zero-order chi connectivity index (χ0) is 43.3. The minimum atomic E-state index is -1.32. The van der Waals surface area contributed by atoms with Crippen LogP contribution in [0.25, 0.3) is 0 Å². The van der Waals surface area contributed by atoms with Crippen molar-refractivity contribution in [2.24, 2.45) is 29.6 Å². The quantitative estimate of drug-likeness (QED) is 0.178. The summed E-state index contributed by atoms with van der Waals surface area (Å²) in [7, 11) is 5.16. The van der Waals surface area contributed by atoms with Gasteiger partial charge in [0.15, 0.2) is 5.79 Å². The summed E-state index contributed by atoms with van der Waals surface area (Å²) in [5, 5.41) is 12.3. The molecular formula is C48H81NO10. The lowest BCUT2D eigenvalue weighted by Crippen LogP contribution is -2.58. The van der Waals surface area contributed by atoms with Gasteiger partial charge in [-0.2, -0.15) is 0 Å². The third kappa shape index (κ3) is 14.5. The van der Waals surface area contributed by atoms with E-state index in [9.17, 15) is 14.7 Å². The molecule has 0 aromatic heterocycles. The van der Waals surface area contributed by atoms with Gasteiger partial charge in [0.05, 0.1) is 31.0 Å². The number of allylic oxidation sites excluding steroid dienone is 4. The fraction of sp³-hybridized carbons (Fsp3) is 0.833. The Morgan fingerprint density at radius 3 is 2.19 bits per heavy atom. The summed E-state index contributed by atoms with van der Waals surface area (Å²) in [6, 6.07) is 0.159. The standard InChI is InChI=1S/C48H81NO10/c1-12-15-38-17-19-41(57-36(7)50)35(6)46(33(4)27-39-18-20-42(58-37(8)51)43(29-39)53-9)56-30-40-16-13-14-22-49(40)23-21-48(52)34(5)28-45(55-11)47(59-48)44(54-10)26-32(3)24-31(2)25-38/h12,25,27,32,34-35,38-47,52H,1,13-24,26,28-30H2,2-11H3/b31-25-,33-27?. The number of aliphatic hydroxyl groups is 1. The van der Waals surface area contributed by atoms with Gasteiger partial charge in [0.1, 0.15) is 18.3 Å². The highest BCUT2D eigenvalue weighted by molar-refractivity contribution is 5.66. The molecule has 1 N–H and O–H groups in total. The maximum Gasteiger partial charge on any atom is 0.302 e. The Hall–Kier alpha value is -2.12. The van der Waals surface area contributed by atoms with Crippen molar-refractivity contribution >= 4 is 11.9 Å². The lowest BCUT2D eigenvalue weighted by molar-refractivity contribution is -0.324. The molecule has 1 aliphatic carbocycles. The molecule has 11 nitrogen and oxygen atoms in total. The van der Waals surface area contributed by atoms with E-state index in [0.29, 0.717) is 38.3 Å². The smallest absolute Gasteiger partial charge is 0.302 e. The average Bonchev–Trinajstić information content (AvgIpc) is 3.18. The molecule has 0 aromatic carbocycles. The summed E-state index contributed by atoms with van der Waals surface area (Å²) >= 11 is 0.